The van der Waals surface area contributed by atoms with Gasteiger partial charge >= 0.3 is 5.97 Å². The number of nitrogens with zero attached hydrogens (tertiary/aromatic N) is 2. The van der Waals surface area contributed by atoms with Crippen LogP contribution in [-0.4, -0.2) is 28.6 Å². The van der Waals surface area contributed by atoms with Gasteiger partial charge in [0.1, 0.15) is 0 Å². The number of halogens is 1. The standard InChI is InChI=1S/C20H18ClN3O4S/c1-2-27-17(25)9-14-11-29-19(22-14)23-18(26)20(7-8-20)16-10-15(28-24-16)12-3-5-13(21)6-4-12/h3-6,10-11H,2,7-9H2,1H3,(H,22,23,26). The average molecular weight is 432 g/mol. The van der Waals surface area contributed by atoms with Crippen LogP contribution in [0.25, 0.3) is 11.3 Å². The van der Waals surface area contributed by atoms with E-state index in [1.807, 2.05) is 12.1 Å². The molecule has 1 aliphatic rings. The molecule has 0 saturated heterocycles. The summed E-state index contributed by atoms with van der Waals surface area (Å²) >= 11 is 7.19. The van der Waals surface area contributed by atoms with Crippen LogP contribution in [0.1, 0.15) is 31.2 Å². The van der Waals surface area contributed by atoms with Crippen molar-refractivity contribution >= 4 is 39.9 Å². The monoisotopic (exact) mass is 431 g/mol. The normalized spacial score (nSPS) is 14.4. The van der Waals surface area contributed by atoms with Crippen molar-refractivity contribution in [3.8, 4) is 11.3 Å². The Morgan fingerprint density at radius 3 is 2.76 bits per heavy atom. The predicted octanol–water partition coefficient (Wildman–Crippen LogP) is 4.23. The number of esters is 1. The van der Waals surface area contributed by atoms with Crippen LogP contribution in [0.2, 0.25) is 5.02 Å². The highest BCUT2D eigenvalue weighted by molar-refractivity contribution is 7.14. The molecule has 2 aromatic heterocycles. The molecule has 1 amide bonds. The van der Waals surface area contributed by atoms with Crippen molar-refractivity contribution in [3.05, 3.63) is 52.1 Å². The lowest BCUT2D eigenvalue weighted by Crippen LogP contribution is -2.28. The number of amides is 1. The maximum Gasteiger partial charge on any atom is 0.311 e. The summed E-state index contributed by atoms with van der Waals surface area (Å²) in [6.07, 6.45) is 1.46. The smallest absolute Gasteiger partial charge is 0.311 e. The maximum absolute atomic E-state index is 12.9. The van der Waals surface area contributed by atoms with Gasteiger partial charge in [-0.2, -0.15) is 0 Å². The van der Waals surface area contributed by atoms with Crippen LogP contribution in [0.3, 0.4) is 0 Å². The predicted molar refractivity (Wildman–Crippen MR) is 109 cm³/mol. The molecular formula is C20H18ClN3O4S. The number of carbonyl (C=O) groups excluding carboxylic acids is 2. The Kier molecular flexibility index (Phi) is 5.38. The van der Waals surface area contributed by atoms with Gasteiger partial charge in [0.25, 0.3) is 0 Å². The van der Waals surface area contributed by atoms with Gasteiger partial charge in [0.05, 0.1) is 29.8 Å². The minimum atomic E-state index is -0.707. The van der Waals surface area contributed by atoms with E-state index in [4.69, 9.17) is 20.9 Å². The molecule has 3 aromatic rings. The van der Waals surface area contributed by atoms with Crippen molar-refractivity contribution in [1.82, 2.24) is 10.1 Å². The van der Waals surface area contributed by atoms with Crippen molar-refractivity contribution in [3.63, 3.8) is 0 Å². The molecule has 4 rings (SSSR count). The molecule has 0 aliphatic heterocycles. The lowest BCUT2D eigenvalue weighted by Gasteiger charge is -2.10. The summed E-state index contributed by atoms with van der Waals surface area (Å²) in [6.45, 7) is 2.08. The number of ether oxygens (including phenoxy) is 1. The minimum absolute atomic E-state index is 0.0824. The second-order valence-electron chi connectivity index (χ2n) is 6.75. The molecule has 0 radical (unpaired) electrons. The molecule has 2 heterocycles. The van der Waals surface area contributed by atoms with Gasteiger partial charge in [-0.05, 0) is 44.0 Å². The molecule has 1 N–H and O–H groups in total. The van der Waals surface area contributed by atoms with Crippen molar-refractivity contribution in [2.24, 2.45) is 0 Å². The number of anilines is 1. The molecule has 1 saturated carbocycles. The zero-order chi connectivity index (χ0) is 20.4. The van der Waals surface area contributed by atoms with E-state index >= 15 is 0 Å². The van der Waals surface area contributed by atoms with Crippen LogP contribution < -0.4 is 5.32 Å². The second kappa shape index (κ2) is 7.96. The van der Waals surface area contributed by atoms with Crippen molar-refractivity contribution in [2.45, 2.75) is 31.6 Å². The third-order valence-corrected chi connectivity index (χ3v) is 5.78. The van der Waals surface area contributed by atoms with E-state index in [1.165, 1.54) is 11.3 Å². The van der Waals surface area contributed by atoms with E-state index in [2.05, 4.69) is 15.5 Å². The molecule has 1 aliphatic carbocycles. The Bertz CT molecular complexity index is 1040. The Labute approximate surface area is 176 Å². The lowest BCUT2D eigenvalue weighted by atomic mass is 10.0. The molecule has 9 heteroatoms. The van der Waals surface area contributed by atoms with Gasteiger partial charge in [-0.3, -0.25) is 9.59 Å². The molecule has 150 valence electrons. The summed E-state index contributed by atoms with van der Waals surface area (Å²) in [5.74, 6) is 0.0684. The van der Waals surface area contributed by atoms with Crippen molar-refractivity contribution in [1.29, 1.82) is 0 Å². The zero-order valence-corrected chi connectivity index (χ0v) is 17.2. The number of nitrogens with one attached hydrogen (secondary N) is 1. The molecular weight excluding hydrogens is 414 g/mol. The molecule has 1 aromatic carbocycles. The van der Waals surface area contributed by atoms with E-state index in [9.17, 15) is 9.59 Å². The molecule has 0 unspecified atom stereocenters. The summed E-state index contributed by atoms with van der Waals surface area (Å²) in [5.41, 5.74) is 1.30. The number of hydrogen-bond donors (Lipinski definition) is 1. The first-order valence-electron chi connectivity index (χ1n) is 9.15. The Morgan fingerprint density at radius 2 is 2.07 bits per heavy atom. The molecule has 0 bridgehead atoms. The minimum Gasteiger partial charge on any atom is -0.466 e. The fraction of sp³-hybridized carbons (Fsp3) is 0.300. The first kappa shape index (κ1) is 19.6. The third kappa shape index (κ3) is 4.18. The first-order chi connectivity index (χ1) is 14.0. The second-order valence-corrected chi connectivity index (χ2v) is 8.04. The van der Waals surface area contributed by atoms with Crippen LogP contribution in [-0.2, 0) is 26.2 Å². The van der Waals surface area contributed by atoms with Gasteiger partial charge in [-0.15, -0.1) is 11.3 Å². The largest absolute Gasteiger partial charge is 0.466 e. The average Bonchev–Trinajstić information content (AvgIpc) is 3.15. The maximum atomic E-state index is 12.9. The molecule has 1 fully saturated rings. The number of thiazole rings is 1. The SMILES string of the molecule is CCOC(=O)Cc1csc(NC(=O)C2(c3cc(-c4ccc(Cl)cc4)on3)CC2)n1. The Morgan fingerprint density at radius 1 is 1.31 bits per heavy atom. The summed E-state index contributed by atoms with van der Waals surface area (Å²) in [7, 11) is 0. The van der Waals surface area contributed by atoms with Gasteiger partial charge < -0.3 is 14.6 Å². The number of rotatable bonds is 7. The van der Waals surface area contributed by atoms with Crippen LogP contribution in [0.4, 0.5) is 5.13 Å². The lowest BCUT2D eigenvalue weighted by molar-refractivity contribution is -0.142. The highest BCUT2D eigenvalue weighted by atomic mass is 35.5. The number of aromatic nitrogens is 2. The fourth-order valence-electron chi connectivity index (χ4n) is 3.00. The van der Waals surface area contributed by atoms with E-state index in [-0.39, 0.29) is 18.3 Å². The number of hydrogen-bond acceptors (Lipinski definition) is 7. The van der Waals surface area contributed by atoms with Gasteiger partial charge in [-0.25, -0.2) is 4.98 Å². The van der Waals surface area contributed by atoms with Gasteiger partial charge in [-0.1, -0.05) is 16.8 Å². The first-order valence-corrected chi connectivity index (χ1v) is 10.4. The van der Waals surface area contributed by atoms with Gasteiger partial charge in [0, 0.05) is 22.0 Å². The molecule has 7 nitrogen and oxygen atoms in total. The summed E-state index contributed by atoms with van der Waals surface area (Å²) in [6, 6.07) is 9.02. The summed E-state index contributed by atoms with van der Waals surface area (Å²) in [5, 5.41) is 9.79. The van der Waals surface area contributed by atoms with Gasteiger partial charge in [0.2, 0.25) is 5.91 Å². The van der Waals surface area contributed by atoms with E-state index in [1.54, 1.807) is 30.5 Å². The van der Waals surface area contributed by atoms with E-state index in [0.717, 1.165) is 5.56 Å². The van der Waals surface area contributed by atoms with Crippen LogP contribution in [0, 0.1) is 0 Å². The number of carbonyl (C=O) groups is 2. The third-order valence-electron chi connectivity index (χ3n) is 4.72. The van der Waals surface area contributed by atoms with Gasteiger partial charge in [0.15, 0.2) is 10.9 Å². The highest BCUT2D eigenvalue weighted by Crippen LogP contribution is 2.49. The van der Waals surface area contributed by atoms with Crippen LogP contribution in [0.5, 0.6) is 0 Å². The van der Waals surface area contributed by atoms with E-state index < -0.39 is 5.41 Å². The zero-order valence-electron chi connectivity index (χ0n) is 15.6. The quantitative estimate of drug-likeness (QED) is 0.562. The van der Waals surface area contributed by atoms with E-state index in [0.29, 0.717) is 46.8 Å². The molecule has 29 heavy (non-hydrogen) atoms. The molecule has 0 atom stereocenters. The topological polar surface area (TPSA) is 94.3 Å². The Hall–Kier alpha value is -2.71. The van der Waals surface area contributed by atoms with Crippen LogP contribution in [0.15, 0.2) is 40.2 Å². The summed E-state index contributed by atoms with van der Waals surface area (Å²) < 4.78 is 10.4. The highest BCUT2D eigenvalue weighted by Gasteiger charge is 2.54. The van der Waals surface area contributed by atoms with Crippen LogP contribution >= 0.6 is 22.9 Å². The molecule has 0 spiro atoms. The Balaban J connectivity index is 1.45. The summed E-state index contributed by atoms with van der Waals surface area (Å²) in [4.78, 5) is 28.7. The fourth-order valence-corrected chi connectivity index (χ4v) is 3.83. The van der Waals surface area contributed by atoms with Crippen molar-refractivity contribution in [2.75, 3.05) is 11.9 Å². The number of benzene rings is 1. The van der Waals surface area contributed by atoms with Crippen molar-refractivity contribution < 1.29 is 18.8 Å².